The van der Waals surface area contributed by atoms with Crippen LogP contribution in [0.1, 0.15) is 5.01 Å². The Morgan fingerprint density at radius 2 is 2.00 bits per heavy atom. The monoisotopic (exact) mass is 430 g/mol. The summed E-state index contributed by atoms with van der Waals surface area (Å²) in [6.45, 7) is 0.698. The predicted molar refractivity (Wildman–Crippen MR) is 112 cm³/mol. The van der Waals surface area contributed by atoms with Crippen molar-refractivity contribution in [1.82, 2.24) is 14.9 Å². The first-order chi connectivity index (χ1) is 14.0. The summed E-state index contributed by atoms with van der Waals surface area (Å²) in [4.78, 5) is 22.9. The number of hydrogen-bond acceptors (Lipinski definition) is 6. The van der Waals surface area contributed by atoms with Crippen molar-refractivity contribution in [2.75, 3.05) is 18.9 Å². The zero-order valence-electron chi connectivity index (χ0n) is 15.4. The highest BCUT2D eigenvalue weighted by Crippen LogP contribution is 2.27. The fourth-order valence-corrected chi connectivity index (χ4v) is 4.60. The number of rotatable bonds is 6. The summed E-state index contributed by atoms with van der Waals surface area (Å²) in [6.07, 6.45) is 0. The van der Waals surface area contributed by atoms with Crippen molar-refractivity contribution in [2.24, 2.45) is 0 Å². The Morgan fingerprint density at radius 3 is 2.83 bits per heavy atom. The molecule has 148 valence electrons. The number of anilines is 1. The zero-order chi connectivity index (χ0) is 20.4. The molecule has 1 N–H and O–H groups in total. The lowest BCUT2D eigenvalue weighted by Crippen LogP contribution is -2.29. The lowest BCUT2D eigenvalue weighted by atomic mass is 10.1. The molecule has 1 amide bonds. The number of halogens is 2. The van der Waals surface area contributed by atoms with Crippen LogP contribution in [-0.4, -0.2) is 34.4 Å². The standard InChI is InChI=1S/C20H16F2N4OS2/c1-26(10-19-23-15-4-2-3-5-17(15)29-19)9-18(27)25-20-24-16(11-28-20)13-8-12(21)6-7-14(13)22/h2-8,11H,9-10H2,1H3,(H,24,25,27). The first-order valence-corrected chi connectivity index (χ1v) is 10.4. The molecule has 0 aliphatic carbocycles. The van der Waals surface area contributed by atoms with Crippen molar-refractivity contribution in [3.05, 3.63) is 64.5 Å². The topological polar surface area (TPSA) is 58.1 Å². The number of nitrogens with one attached hydrogen (secondary N) is 1. The van der Waals surface area contributed by atoms with E-state index in [1.807, 2.05) is 36.2 Å². The summed E-state index contributed by atoms with van der Waals surface area (Å²) in [5.74, 6) is -1.35. The van der Waals surface area contributed by atoms with Gasteiger partial charge in [-0.3, -0.25) is 9.69 Å². The van der Waals surface area contributed by atoms with Crippen LogP contribution in [0.5, 0.6) is 0 Å². The van der Waals surface area contributed by atoms with Crippen LogP contribution in [0.25, 0.3) is 21.5 Å². The van der Waals surface area contributed by atoms with Crippen molar-refractivity contribution in [1.29, 1.82) is 0 Å². The second kappa shape index (κ2) is 8.32. The molecule has 2 aromatic heterocycles. The maximum absolute atomic E-state index is 13.9. The number of nitrogens with zero attached hydrogens (tertiary/aromatic N) is 3. The summed E-state index contributed by atoms with van der Waals surface area (Å²) >= 11 is 2.76. The quantitative estimate of drug-likeness (QED) is 0.479. The molecule has 2 aromatic carbocycles. The van der Waals surface area contributed by atoms with E-state index in [0.29, 0.717) is 11.7 Å². The highest BCUT2D eigenvalue weighted by atomic mass is 32.1. The van der Waals surface area contributed by atoms with Crippen molar-refractivity contribution in [3.8, 4) is 11.3 Å². The molecular weight excluding hydrogens is 414 g/mol. The molecule has 4 rings (SSSR count). The molecule has 5 nitrogen and oxygen atoms in total. The van der Waals surface area contributed by atoms with Gasteiger partial charge in [0, 0.05) is 10.9 Å². The summed E-state index contributed by atoms with van der Waals surface area (Å²) in [5, 5.41) is 5.55. The molecule has 0 aliphatic rings. The number of benzene rings is 2. The van der Waals surface area contributed by atoms with Crippen LogP contribution < -0.4 is 5.32 Å². The van der Waals surface area contributed by atoms with E-state index in [2.05, 4.69) is 15.3 Å². The Morgan fingerprint density at radius 1 is 1.17 bits per heavy atom. The van der Waals surface area contributed by atoms with Crippen LogP contribution >= 0.6 is 22.7 Å². The number of fused-ring (bicyclic) bond motifs is 1. The van der Waals surface area contributed by atoms with Crippen molar-refractivity contribution in [3.63, 3.8) is 0 Å². The van der Waals surface area contributed by atoms with E-state index in [0.717, 1.165) is 44.8 Å². The Bertz CT molecular complexity index is 1140. The third-order valence-electron chi connectivity index (χ3n) is 4.11. The van der Waals surface area contributed by atoms with Gasteiger partial charge in [-0.1, -0.05) is 12.1 Å². The third-order valence-corrected chi connectivity index (χ3v) is 5.89. The van der Waals surface area contributed by atoms with E-state index in [1.165, 1.54) is 0 Å². The number of amides is 1. The van der Waals surface area contributed by atoms with Crippen LogP contribution in [-0.2, 0) is 11.3 Å². The van der Waals surface area contributed by atoms with Gasteiger partial charge in [-0.2, -0.15) is 0 Å². The summed E-state index contributed by atoms with van der Waals surface area (Å²) in [5.41, 5.74) is 1.30. The van der Waals surface area contributed by atoms with Crippen molar-refractivity contribution < 1.29 is 13.6 Å². The number of carbonyl (C=O) groups is 1. The maximum Gasteiger partial charge on any atom is 0.240 e. The van der Waals surface area contributed by atoms with Gasteiger partial charge in [-0.15, -0.1) is 22.7 Å². The number of carbonyl (C=O) groups excluding carboxylic acids is 1. The van der Waals surface area contributed by atoms with Gasteiger partial charge in [0.1, 0.15) is 16.6 Å². The Hall–Kier alpha value is -2.75. The molecule has 4 aromatic rings. The molecule has 0 saturated heterocycles. The van der Waals surface area contributed by atoms with Crippen LogP contribution in [0.3, 0.4) is 0 Å². The second-order valence-corrected chi connectivity index (χ2v) is 8.43. The van der Waals surface area contributed by atoms with E-state index >= 15 is 0 Å². The van der Waals surface area contributed by atoms with E-state index in [4.69, 9.17) is 0 Å². The van der Waals surface area contributed by atoms with Crippen LogP contribution in [0.4, 0.5) is 13.9 Å². The number of thiazole rings is 2. The maximum atomic E-state index is 13.9. The number of likely N-dealkylation sites (N-methyl/N-ethyl adjacent to an activating group) is 1. The SMILES string of the molecule is CN(CC(=O)Nc1nc(-c2cc(F)ccc2F)cs1)Cc1nc2ccccc2s1. The van der Waals surface area contributed by atoms with Gasteiger partial charge in [0.2, 0.25) is 5.91 Å². The molecule has 0 atom stereocenters. The fourth-order valence-electron chi connectivity index (χ4n) is 2.83. The summed E-state index contributed by atoms with van der Waals surface area (Å²) in [7, 11) is 1.83. The largest absolute Gasteiger partial charge is 0.301 e. The molecule has 0 aliphatic heterocycles. The van der Waals surface area contributed by atoms with E-state index in [-0.39, 0.29) is 23.7 Å². The predicted octanol–water partition coefficient (Wildman–Crippen LogP) is 4.77. The fraction of sp³-hybridized carbons (Fsp3) is 0.150. The Kier molecular flexibility index (Phi) is 5.61. The van der Waals surface area contributed by atoms with Crippen LogP contribution in [0.15, 0.2) is 47.8 Å². The average molecular weight is 431 g/mol. The normalized spacial score (nSPS) is 11.3. The first-order valence-electron chi connectivity index (χ1n) is 8.72. The number of aromatic nitrogens is 2. The second-order valence-electron chi connectivity index (χ2n) is 6.46. The molecule has 0 bridgehead atoms. The average Bonchev–Trinajstić information content (AvgIpc) is 3.29. The van der Waals surface area contributed by atoms with E-state index in [1.54, 1.807) is 16.7 Å². The minimum atomic E-state index is -0.565. The first kappa shape index (κ1) is 19.6. The Labute approximate surface area is 173 Å². The van der Waals surface area contributed by atoms with Crippen molar-refractivity contribution >= 4 is 43.9 Å². The molecule has 0 radical (unpaired) electrons. The summed E-state index contributed by atoms with van der Waals surface area (Å²) in [6, 6.07) is 11.1. The van der Waals surface area contributed by atoms with Gasteiger partial charge in [0.05, 0.1) is 29.0 Å². The molecule has 9 heteroatoms. The minimum absolute atomic E-state index is 0.0645. The number of para-hydroxylation sites is 1. The molecule has 0 unspecified atom stereocenters. The third kappa shape index (κ3) is 4.64. The van der Waals surface area contributed by atoms with Gasteiger partial charge < -0.3 is 5.32 Å². The molecule has 0 saturated carbocycles. The zero-order valence-corrected chi connectivity index (χ0v) is 17.0. The van der Waals surface area contributed by atoms with E-state index < -0.39 is 11.6 Å². The molecule has 0 spiro atoms. The highest BCUT2D eigenvalue weighted by Gasteiger charge is 2.14. The van der Waals surface area contributed by atoms with Gasteiger partial charge >= 0.3 is 0 Å². The van der Waals surface area contributed by atoms with Gasteiger partial charge in [0.15, 0.2) is 5.13 Å². The van der Waals surface area contributed by atoms with Crippen LogP contribution in [0.2, 0.25) is 0 Å². The molecule has 29 heavy (non-hydrogen) atoms. The Balaban J connectivity index is 1.37. The summed E-state index contributed by atoms with van der Waals surface area (Å²) < 4.78 is 28.4. The van der Waals surface area contributed by atoms with Gasteiger partial charge in [-0.25, -0.2) is 18.7 Å². The van der Waals surface area contributed by atoms with Gasteiger partial charge in [-0.05, 0) is 37.4 Å². The van der Waals surface area contributed by atoms with Crippen LogP contribution in [0, 0.1) is 11.6 Å². The van der Waals surface area contributed by atoms with E-state index in [9.17, 15) is 13.6 Å². The smallest absolute Gasteiger partial charge is 0.240 e. The minimum Gasteiger partial charge on any atom is -0.301 e. The van der Waals surface area contributed by atoms with Gasteiger partial charge in [0.25, 0.3) is 0 Å². The molecule has 2 heterocycles. The molecule has 0 fully saturated rings. The van der Waals surface area contributed by atoms with Crippen molar-refractivity contribution in [2.45, 2.75) is 6.54 Å². The number of hydrogen-bond donors (Lipinski definition) is 1. The highest BCUT2D eigenvalue weighted by molar-refractivity contribution is 7.18. The molecular formula is C20H16F2N4OS2. The lowest BCUT2D eigenvalue weighted by molar-refractivity contribution is -0.117. The lowest BCUT2D eigenvalue weighted by Gasteiger charge is -2.13.